The number of aromatic nitrogens is 1. The number of hydrogen-bond donors (Lipinski definition) is 1. The van der Waals surface area contributed by atoms with Gasteiger partial charge in [0.15, 0.2) is 0 Å². The molecule has 0 spiro atoms. The molecule has 16 heavy (non-hydrogen) atoms. The first kappa shape index (κ1) is 11.9. The number of alkyl halides is 1. The first-order chi connectivity index (χ1) is 7.50. The van der Waals surface area contributed by atoms with E-state index in [1.165, 1.54) is 0 Å². The van der Waals surface area contributed by atoms with Crippen LogP contribution in [0.1, 0.15) is 12.0 Å². The summed E-state index contributed by atoms with van der Waals surface area (Å²) >= 11 is 6.84. The molecule has 1 aromatic heterocycles. The number of nitrogen functional groups attached to an aromatic ring is 1. The largest absolute Gasteiger partial charge is 0.382 e. The molecule has 1 amide bonds. The van der Waals surface area contributed by atoms with Crippen molar-refractivity contribution in [1.82, 2.24) is 4.98 Å². The maximum absolute atomic E-state index is 11.8. The fraction of sp³-hybridized carbons (Fsp3) is 0.400. The van der Waals surface area contributed by atoms with E-state index in [0.717, 1.165) is 15.7 Å². The summed E-state index contributed by atoms with van der Waals surface area (Å²) in [5, 5.41) is 0. The predicted molar refractivity (Wildman–Crippen MR) is 70.8 cm³/mol. The van der Waals surface area contributed by atoms with Crippen molar-refractivity contribution in [3.63, 3.8) is 0 Å². The van der Waals surface area contributed by atoms with Crippen molar-refractivity contribution in [2.24, 2.45) is 0 Å². The van der Waals surface area contributed by atoms with Gasteiger partial charge in [-0.15, -0.1) is 0 Å². The average molecular weight is 349 g/mol. The molecule has 2 rings (SSSR count). The summed E-state index contributed by atoms with van der Waals surface area (Å²) in [5.41, 5.74) is 7.51. The Morgan fingerprint density at radius 1 is 1.62 bits per heavy atom. The minimum Gasteiger partial charge on any atom is -0.382 e. The van der Waals surface area contributed by atoms with E-state index < -0.39 is 0 Å². The SMILES string of the molecule is Cc1c(Br)cnc(N)c1N1CC(Br)CC1=O. The van der Waals surface area contributed by atoms with Crippen LogP contribution in [0.5, 0.6) is 0 Å². The highest BCUT2D eigenvalue weighted by molar-refractivity contribution is 9.10. The average Bonchev–Trinajstić information content (AvgIpc) is 2.53. The number of carbonyl (C=O) groups excluding carboxylic acids is 1. The Morgan fingerprint density at radius 2 is 2.31 bits per heavy atom. The molecule has 1 saturated heterocycles. The number of nitrogens with two attached hydrogens (primary N) is 1. The Morgan fingerprint density at radius 3 is 2.88 bits per heavy atom. The summed E-state index contributed by atoms with van der Waals surface area (Å²) in [5.74, 6) is 0.479. The number of nitrogens with zero attached hydrogens (tertiary/aromatic N) is 2. The van der Waals surface area contributed by atoms with Crippen molar-refractivity contribution < 1.29 is 4.79 Å². The molecule has 4 nitrogen and oxygen atoms in total. The minimum atomic E-state index is 0.0802. The van der Waals surface area contributed by atoms with Gasteiger partial charge in [0.25, 0.3) is 0 Å². The van der Waals surface area contributed by atoms with E-state index in [2.05, 4.69) is 36.8 Å². The Labute approximate surface area is 110 Å². The van der Waals surface area contributed by atoms with E-state index in [9.17, 15) is 4.79 Å². The van der Waals surface area contributed by atoms with Gasteiger partial charge in [-0.05, 0) is 28.4 Å². The fourth-order valence-corrected chi connectivity index (χ4v) is 2.67. The van der Waals surface area contributed by atoms with E-state index in [1.54, 1.807) is 11.1 Å². The maximum Gasteiger partial charge on any atom is 0.228 e. The Balaban J connectivity index is 2.48. The van der Waals surface area contributed by atoms with Gasteiger partial charge in [-0.25, -0.2) is 4.98 Å². The summed E-state index contributed by atoms with van der Waals surface area (Å²) in [7, 11) is 0. The molecule has 1 aliphatic heterocycles. The van der Waals surface area contributed by atoms with Crippen molar-refractivity contribution in [1.29, 1.82) is 0 Å². The van der Waals surface area contributed by atoms with Gasteiger partial charge in [-0.2, -0.15) is 0 Å². The Hall–Kier alpha value is -0.620. The number of carbonyl (C=O) groups is 1. The number of amides is 1. The molecule has 1 aliphatic rings. The summed E-state index contributed by atoms with van der Waals surface area (Å²) < 4.78 is 0.863. The topological polar surface area (TPSA) is 59.2 Å². The number of pyridine rings is 1. The normalized spacial score (nSPS) is 20.6. The second-order valence-corrected chi connectivity index (χ2v) is 5.92. The van der Waals surface area contributed by atoms with Gasteiger partial charge in [0.2, 0.25) is 5.91 Å². The molecule has 0 aliphatic carbocycles. The van der Waals surface area contributed by atoms with Crippen LogP contribution in [0.25, 0.3) is 0 Å². The van der Waals surface area contributed by atoms with Crippen LogP contribution in [0.4, 0.5) is 11.5 Å². The van der Waals surface area contributed by atoms with E-state index in [-0.39, 0.29) is 10.7 Å². The maximum atomic E-state index is 11.8. The second kappa shape index (κ2) is 4.33. The van der Waals surface area contributed by atoms with E-state index in [0.29, 0.717) is 18.8 Å². The van der Waals surface area contributed by atoms with Crippen molar-refractivity contribution in [2.45, 2.75) is 18.2 Å². The van der Waals surface area contributed by atoms with Crippen LogP contribution in [0.2, 0.25) is 0 Å². The summed E-state index contributed by atoms with van der Waals surface area (Å²) in [6.07, 6.45) is 2.16. The zero-order chi connectivity index (χ0) is 11.9. The van der Waals surface area contributed by atoms with Crippen LogP contribution in [0, 0.1) is 6.92 Å². The number of rotatable bonds is 1. The summed E-state index contributed by atoms with van der Waals surface area (Å²) in [4.78, 5) is 17.8. The number of hydrogen-bond acceptors (Lipinski definition) is 3. The van der Waals surface area contributed by atoms with Crippen LogP contribution >= 0.6 is 31.9 Å². The number of halogens is 2. The van der Waals surface area contributed by atoms with Crippen molar-refractivity contribution >= 4 is 49.3 Å². The van der Waals surface area contributed by atoms with Gasteiger partial charge in [-0.1, -0.05) is 15.9 Å². The molecular formula is C10H11Br2N3O. The molecule has 1 unspecified atom stereocenters. The van der Waals surface area contributed by atoms with Crippen LogP contribution in [-0.2, 0) is 4.79 Å². The predicted octanol–water partition coefficient (Wildman–Crippen LogP) is 2.23. The Bertz CT molecular complexity index is 450. The molecule has 0 aromatic carbocycles. The molecule has 0 saturated carbocycles. The Kier molecular flexibility index (Phi) is 3.21. The molecule has 1 atom stereocenters. The van der Waals surface area contributed by atoms with Gasteiger partial charge in [0, 0.05) is 28.5 Å². The molecule has 1 aromatic rings. The van der Waals surface area contributed by atoms with Crippen LogP contribution in [0.15, 0.2) is 10.7 Å². The lowest BCUT2D eigenvalue weighted by Gasteiger charge is -2.20. The molecule has 1 fully saturated rings. The van der Waals surface area contributed by atoms with Gasteiger partial charge in [0.05, 0.1) is 5.69 Å². The molecule has 0 radical (unpaired) electrons. The zero-order valence-corrected chi connectivity index (χ0v) is 11.9. The van der Waals surface area contributed by atoms with Gasteiger partial charge in [0.1, 0.15) is 5.82 Å². The number of anilines is 2. The van der Waals surface area contributed by atoms with Crippen LogP contribution in [-0.4, -0.2) is 22.3 Å². The molecule has 86 valence electrons. The highest BCUT2D eigenvalue weighted by Gasteiger charge is 2.31. The van der Waals surface area contributed by atoms with Gasteiger partial charge in [-0.3, -0.25) is 4.79 Å². The highest BCUT2D eigenvalue weighted by Crippen LogP contribution is 2.34. The smallest absolute Gasteiger partial charge is 0.228 e. The summed E-state index contributed by atoms with van der Waals surface area (Å²) in [6.45, 7) is 2.56. The highest BCUT2D eigenvalue weighted by atomic mass is 79.9. The third kappa shape index (κ3) is 1.96. The first-order valence-electron chi connectivity index (χ1n) is 4.85. The zero-order valence-electron chi connectivity index (χ0n) is 8.70. The molecule has 0 bridgehead atoms. The standard InChI is InChI=1S/C10H11Br2N3O/c1-5-7(12)3-14-10(13)9(5)15-4-6(11)2-8(15)16/h3,6H,2,4H2,1H3,(H2,13,14). The van der Waals surface area contributed by atoms with Crippen molar-refractivity contribution in [3.8, 4) is 0 Å². The lowest BCUT2D eigenvalue weighted by atomic mass is 10.2. The van der Waals surface area contributed by atoms with Crippen molar-refractivity contribution in [3.05, 3.63) is 16.2 Å². The second-order valence-electron chi connectivity index (χ2n) is 3.77. The van der Waals surface area contributed by atoms with Crippen LogP contribution in [0.3, 0.4) is 0 Å². The van der Waals surface area contributed by atoms with E-state index in [1.807, 2.05) is 6.92 Å². The summed E-state index contributed by atoms with van der Waals surface area (Å²) in [6, 6.07) is 0. The third-order valence-corrected chi connectivity index (χ3v) is 4.03. The first-order valence-corrected chi connectivity index (χ1v) is 6.56. The van der Waals surface area contributed by atoms with E-state index in [4.69, 9.17) is 5.73 Å². The van der Waals surface area contributed by atoms with Gasteiger partial charge >= 0.3 is 0 Å². The lowest BCUT2D eigenvalue weighted by Crippen LogP contribution is -2.26. The third-order valence-electron chi connectivity index (χ3n) is 2.62. The van der Waals surface area contributed by atoms with Gasteiger partial charge < -0.3 is 10.6 Å². The monoisotopic (exact) mass is 347 g/mol. The quantitative estimate of drug-likeness (QED) is 0.792. The van der Waals surface area contributed by atoms with Crippen molar-refractivity contribution in [2.75, 3.05) is 17.2 Å². The fourth-order valence-electron chi connectivity index (χ4n) is 1.81. The molecular weight excluding hydrogens is 338 g/mol. The van der Waals surface area contributed by atoms with E-state index >= 15 is 0 Å². The van der Waals surface area contributed by atoms with Crippen LogP contribution < -0.4 is 10.6 Å². The molecule has 6 heteroatoms. The minimum absolute atomic E-state index is 0.0802. The lowest BCUT2D eigenvalue weighted by molar-refractivity contribution is -0.117. The molecule has 2 N–H and O–H groups in total. The molecule has 2 heterocycles.